The molecule has 1 aromatic rings. The predicted molar refractivity (Wildman–Crippen MR) is 88.1 cm³/mol. The van der Waals surface area contributed by atoms with Crippen molar-refractivity contribution < 1.29 is 5.11 Å². The van der Waals surface area contributed by atoms with E-state index >= 15 is 0 Å². The van der Waals surface area contributed by atoms with E-state index < -0.39 is 0 Å². The van der Waals surface area contributed by atoms with E-state index in [-0.39, 0.29) is 12.1 Å². The summed E-state index contributed by atoms with van der Waals surface area (Å²) in [5.74, 6) is 1.08. The van der Waals surface area contributed by atoms with Crippen LogP contribution in [0.1, 0.15) is 45.1 Å². The summed E-state index contributed by atoms with van der Waals surface area (Å²) < 4.78 is 0. The van der Waals surface area contributed by atoms with Crippen molar-refractivity contribution in [2.75, 3.05) is 6.61 Å². The van der Waals surface area contributed by atoms with Gasteiger partial charge in [-0.2, -0.15) is 11.8 Å². The van der Waals surface area contributed by atoms with Crippen LogP contribution in [0.15, 0.2) is 30.3 Å². The predicted octanol–water partition coefficient (Wildman–Crippen LogP) is 3.59. The average molecular weight is 293 g/mol. The minimum absolute atomic E-state index is 0.0548. The van der Waals surface area contributed by atoms with Crippen molar-refractivity contribution >= 4 is 11.8 Å². The minimum atomic E-state index is -0.0548. The van der Waals surface area contributed by atoms with Crippen LogP contribution in [-0.4, -0.2) is 28.5 Å². The van der Waals surface area contributed by atoms with Gasteiger partial charge in [0.1, 0.15) is 0 Å². The molecule has 3 heteroatoms. The topological polar surface area (TPSA) is 32.3 Å². The molecule has 1 aliphatic rings. The molecule has 2 nitrogen and oxygen atoms in total. The van der Waals surface area contributed by atoms with Crippen LogP contribution in [0.4, 0.5) is 0 Å². The summed E-state index contributed by atoms with van der Waals surface area (Å²) in [6.45, 7) is 4.59. The van der Waals surface area contributed by atoms with Crippen LogP contribution < -0.4 is 5.32 Å². The molecule has 2 rings (SSSR count). The zero-order valence-corrected chi connectivity index (χ0v) is 13.5. The van der Waals surface area contributed by atoms with Crippen molar-refractivity contribution in [1.29, 1.82) is 0 Å². The van der Waals surface area contributed by atoms with Crippen molar-refractivity contribution in [2.45, 2.75) is 62.1 Å². The minimum Gasteiger partial charge on any atom is -0.394 e. The van der Waals surface area contributed by atoms with Crippen molar-refractivity contribution in [3.05, 3.63) is 35.9 Å². The molecule has 20 heavy (non-hydrogen) atoms. The van der Waals surface area contributed by atoms with Crippen LogP contribution in [0, 0.1) is 0 Å². The van der Waals surface area contributed by atoms with Gasteiger partial charge in [-0.15, -0.1) is 0 Å². The summed E-state index contributed by atoms with van der Waals surface area (Å²) >= 11 is 2.04. The highest BCUT2D eigenvalue weighted by Crippen LogP contribution is 2.36. The number of aliphatic hydroxyl groups excluding tert-OH is 1. The van der Waals surface area contributed by atoms with E-state index in [4.69, 9.17) is 0 Å². The summed E-state index contributed by atoms with van der Waals surface area (Å²) in [5, 5.41) is 14.1. The lowest BCUT2D eigenvalue weighted by atomic mass is 9.81. The zero-order valence-electron chi connectivity index (χ0n) is 12.6. The molecule has 112 valence electrons. The molecule has 0 aromatic heterocycles. The molecule has 0 amide bonds. The summed E-state index contributed by atoms with van der Waals surface area (Å²) in [5.41, 5.74) is 1.34. The fourth-order valence-corrected chi connectivity index (χ4v) is 4.56. The first-order valence-electron chi connectivity index (χ1n) is 7.68. The number of rotatable bonds is 6. The van der Waals surface area contributed by atoms with Gasteiger partial charge in [0.25, 0.3) is 0 Å². The highest BCUT2D eigenvalue weighted by molar-refractivity contribution is 7.99. The van der Waals surface area contributed by atoms with Crippen LogP contribution in [0.25, 0.3) is 0 Å². The molecule has 1 aliphatic carbocycles. The summed E-state index contributed by atoms with van der Waals surface area (Å²) in [7, 11) is 0. The SMILES string of the molecule is CC(C)NC1(CO)CCCC(SCc2ccccc2)C1. The van der Waals surface area contributed by atoms with Gasteiger partial charge in [0.2, 0.25) is 0 Å². The smallest absolute Gasteiger partial charge is 0.0613 e. The first kappa shape index (κ1) is 15.9. The molecule has 0 heterocycles. The molecule has 1 fully saturated rings. The molecule has 2 N–H and O–H groups in total. The monoisotopic (exact) mass is 293 g/mol. The van der Waals surface area contributed by atoms with Crippen molar-refractivity contribution in [1.82, 2.24) is 5.32 Å². The third-order valence-corrected chi connectivity index (χ3v) is 5.40. The summed E-state index contributed by atoms with van der Waals surface area (Å²) in [6.07, 6.45) is 4.68. The molecule has 2 unspecified atom stereocenters. The van der Waals surface area contributed by atoms with E-state index in [1.165, 1.54) is 18.4 Å². The van der Waals surface area contributed by atoms with Crippen LogP contribution in [0.5, 0.6) is 0 Å². The Bertz CT molecular complexity index is 395. The van der Waals surface area contributed by atoms with Gasteiger partial charge in [0.15, 0.2) is 0 Å². The molecular weight excluding hydrogens is 266 g/mol. The lowest BCUT2D eigenvalue weighted by molar-refractivity contribution is 0.115. The van der Waals surface area contributed by atoms with Gasteiger partial charge >= 0.3 is 0 Å². The first-order chi connectivity index (χ1) is 9.63. The normalized spacial score (nSPS) is 26.9. The Balaban J connectivity index is 1.89. The standard InChI is InChI=1S/C17H27NOS/c1-14(2)18-17(13-19)10-6-9-16(11-17)20-12-15-7-4-3-5-8-15/h3-5,7-8,14,16,18-19H,6,9-13H2,1-2H3. The maximum absolute atomic E-state index is 9.82. The quantitative estimate of drug-likeness (QED) is 0.840. The van der Waals surface area contributed by atoms with Crippen LogP contribution in [0.2, 0.25) is 0 Å². The second-order valence-corrected chi connectivity index (χ2v) is 7.54. The molecule has 2 atom stereocenters. The third kappa shape index (κ3) is 4.51. The van der Waals surface area contributed by atoms with E-state index in [0.29, 0.717) is 11.3 Å². The van der Waals surface area contributed by atoms with Gasteiger partial charge in [0, 0.05) is 22.6 Å². The van der Waals surface area contributed by atoms with Gasteiger partial charge in [0.05, 0.1) is 6.61 Å². The van der Waals surface area contributed by atoms with Gasteiger partial charge in [-0.1, -0.05) is 50.6 Å². The molecular formula is C17H27NOS. The van der Waals surface area contributed by atoms with E-state index in [0.717, 1.165) is 18.6 Å². The number of benzene rings is 1. The highest BCUT2D eigenvalue weighted by atomic mass is 32.2. The number of thioether (sulfide) groups is 1. The molecule has 0 aliphatic heterocycles. The Kier molecular flexibility index (Phi) is 5.94. The van der Waals surface area contributed by atoms with Gasteiger partial charge in [-0.25, -0.2) is 0 Å². The van der Waals surface area contributed by atoms with Crippen LogP contribution in [-0.2, 0) is 5.75 Å². The molecule has 0 spiro atoms. The molecule has 1 aromatic carbocycles. The second kappa shape index (κ2) is 7.48. The Morgan fingerprint density at radius 2 is 2.10 bits per heavy atom. The number of hydrogen-bond acceptors (Lipinski definition) is 3. The third-order valence-electron chi connectivity index (χ3n) is 4.03. The van der Waals surface area contributed by atoms with E-state index in [1.807, 2.05) is 11.8 Å². The lowest BCUT2D eigenvalue weighted by Crippen LogP contribution is -2.54. The lowest BCUT2D eigenvalue weighted by Gasteiger charge is -2.41. The maximum Gasteiger partial charge on any atom is 0.0613 e. The maximum atomic E-state index is 9.82. The zero-order chi connectivity index (χ0) is 14.4. The van der Waals surface area contributed by atoms with Gasteiger partial charge in [-0.05, 0) is 24.8 Å². The van der Waals surface area contributed by atoms with E-state index in [2.05, 4.69) is 49.5 Å². The fourth-order valence-electron chi connectivity index (χ4n) is 3.17. The summed E-state index contributed by atoms with van der Waals surface area (Å²) in [6, 6.07) is 11.1. The Morgan fingerprint density at radius 1 is 1.35 bits per heavy atom. The van der Waals surface area contributed by atoms with Crippen molar-refractivity contribution in [3.63, 3.8) is 0 Å². The highest BCUT2D eigenvalue weighted by Gasteiger charge is 2.36. The van der Waals surface area contributed by atoms with E-state index in [9.17, 15) is 5.11 Å². The number of aliphatic hydroxyl groups is 1. The average Bonchev–Trinajstić information content (AvgIpc) is 2.46. The van der Waals surface area contributed by atoms with Crippen molar-refractivity contribution in [2.24, 2.45) is 0 Å². The van der Waals surface area contributed by atoms with E-state index in [1.54, 1.807) is 0 Å². The number of nitrogens with one attached hydrogen (secondary N) is 1. The first-order valence-corrected chi connectivity index (χ1v) is 8.72. The van der Waals surface area contributed by atoms with Gasteiger partial charge < -0.3 is 10.4 Å². The largest absolute Gasteiger partial charge is 0.394 e. The number of hydrogen-bond donors (Lipinski definition) is 2. The fraction of sp³-hybridized carbons (Fsp3) is 0.647. The molecule has 0 bridgehead atoms. The molecule has 0 radical (unpaired) electrons. The van der Waals surface area contributed by atoms with Crippen molar-refractivity contribution in [3.8, 4) is 0 Å². The Labute approximate surface area is 127 Å². The second-order valence-electron chi connectivity index (χ2n) is 6.25. The molecule has 1 saturated carbocycles. The van der Waals surface area contributed by atoms with Crippen LogP contribution >= 0.6 is 11.8 Å². The Hall–Kier alpha value is -0.510. The molecule has 0 saturated heterocycles. The summed E-state index contributed by atoms with van der Waals surface area (Å²) in [4.78, 5) is 0. The van der Waals surface area contributed by atoms with Gasteiger partial charge in [-0.3, -0.25) is 0 Å². The van der Waals surface area contributed by atoms with Crippen LogP contribution in [0.3, 0.4) is 0 Å². The Morgan fingerprint density at radius 3 is 2.75 bits per heavy atom.